The first-order valence-electron chi connectivity index (χ1n) is 27.0. The number of halogens is 1. The number of aliphatic hydroxyl groups excluding tert-OH is 5. The molecule has 0 radical (unpaired) electrons. The van der Waals surface area contributed by atoms with Crippen LogP contribution in [0.1, 0.15) is 46.5 Å². The van der Waals surface area contributed by atoms with Crippen LogP contribution in [0.25, 0.3) is 11.0 Å². The number of nitrogens with one attached hydrogen (secondary N) is 2. The minimum absolute atomic E-state index is 0. The summed E-state index contributed by atoms with van der Waals surface area (Å²) >= 11 is 5.72. The van der Waals surface area contributed by atoms with Crippen molar-refractivity contribution in [1.29, 1.82) is 10.5 Å². The highest BCUT2D eigenvalue weighted by atomic mass is 35.7. The number of rotatable bonds is 21. The van der Waals surface area contributed by atoms with Crippen molar-refractivity contribution in [2.45, 2.75) is 95.0 Å². The number of esters is 2. The summed E-state index contributed by atoms with van der Waals surface area (Å²) in [5.41, 5.74) is 8.77. The number of imidazole rings is 1. The summed E-state index contributed by atoms with van der Waals surface area (Å²) < 4.78 is 91.0. The third-order valence-corrected chi connectivity index (χ3v) is 17.4. The van der Waals surface area contributed by atoms with Gasteiger partial charge in [-0.1, -0.05) is 43.8 Å². The Balaban J connectivity index is 0.000000281. The number of nitriles is 2. The first-order valence-corrected chi connectivity index (χ1v) is 32.5. The van der Waals surface area contributed by atoms with Gasteiger partial charge in [-0.15, -0.1) is 0 Å². The van der Waals surface area contributed by atoms with Gasteiger partial charge in [0.05, 0.1) is 44.1 Å². The van der Waals surface area contributed by atoms with Crippen molar-refractivity contribution in [3.63, 3.8) is 0 Å². The van der Waals surface area contributed by atoms with Crippen LogP contribution in [0.2, 0.25) is 0 Å². The van der Waals surface area contributed by atoms with Gasteiger partial charge in [-0.2, -0.15) is 25.8 Å². The second-order valence-corrected chi connectivity index (χ2v) is 25.3. The standard InChI is InChI=1S/C23H27N6O8P.C12H13N5O4.C11H15ClNO4P.C4H6N2.C3H9O4P.CH4/c1-3-34-22(32)14(2)28-38(33,37-15-7-5-4-6-8-15)35-11-17-19(30)20(31)23(12-24,36-17)18-10-9-16-21(25)26-13-27-29(16)18;13-4-12(10(20)9(19)7(3-18)21-12)8-2-1-6-11(14)15-5-16-17(6)8;1-3-16-11(14)9(2)13-18(12,15)17-10-7-5-4-6-8-10;1-6-3-2-5-4-6;1-5-8(4,6-2)7-3;/h4-10,13-14,17,19-20,30-31H,3,11H2,1-2H3,(H,28,33)(H2,25,26,27);1-2,5,7,9-10,18-20H,3H2,(H2,14,15,16);4-9H,3H2,1-2H3,(H,13,15);2-4H,1H3;1-3H3;1H4/t14-,17+,19+,20+,23-,38?;7-,9-,10-,12+;9-,18?;;;/m010.../s1. The average Bonchev–Trinajstić information content (AvgIpc) is 1.59. The summed E-state index contributed by atoms with van der Waals surface area (Å²) in [7, 11) is -1.73. The number of hydrogen-bond donors (Lipinski definition) is 9. The molecule has 0 aliphatic carbocycles. The molecule has 502 valence electrons. The lowest BCUT2D eigenvalue weighted by Gasteiger charge is -2.25. The number of nitrogens with zero attached hydrogens (tertiary/aromatic N) is 10. The molecule has 2 aliphatic rings. The summed E-state index contributed by atoms with van der Waals surface area (Å²) in [4.78, 5) is 35.0. The molecule has 9 rings (SSSR count). The SMILES string of the molecule is C.CCOC(=O)[C@H](C)NP(=O)(Cl)Oc1ccccc1.CCOC(=O)[C@H](C)NP(=O)(OC[C@H]1O[C@@](C#N)(c2ccc3c(N)ncnn23)[C@H](O)[C@@H]1O)Oc1ccccc1.COP(=O)(OC)OC.Cn1ccnc1.N#C[C@@]1(c2ccc3c(N)ncnn23)O[C@H](CO)[C@@H](O)[C@H]1O. The molecule has 5 aromatic heterocycles. The number of ether oxygens (including phenoxy) is 4. The second kappa shape index (κ2) is 34.9. The van der Waals surface area contributed by atoms with Gasteiger partial charge < -0.3 is 69.6 Å². The molecule has 0 amide bonds. The number of carbonyl (C=O) groups excluding carboxylic acids is 2. The number of fused-ring (bicyclic) bond motifs is 2. The maximum absolute atomic E-state index is 13.7. The number of aromatic nitrogens is 8. The van der Waals surface area contributed by atoms with Gasteiger partial charge in [0.15, 0.2) is 11.6 Å². The van der Waals surface area contributed by atoms with Crippen LogP contribution >= 0.6 is 33.7 Å². The van der Waals surface area contributed by atoms with Crippen LogP contribution < -0.4 is 30.7 Å². The zero-order valence-electron chi connectivity index (χ0n) is 50.1. The molecule has 2 saturated heterocycles. The molecule has 0 spiro atoms. The van der Waals surface area contributed by atoms with Crippen molar-refractivity contribution in [3.05, 3.63) is 128 Å². The molecular weight excluding hydrogens is 1290 g/mol. The summed E-state index contributed by atoms with van der Waals surface area (Å²) in [6, 6.07) is 24.5. The van der Waals surface area contributed by atoms with Crippen LogP contribution in [0, 0.1) is 22.7 Å². The summed E-state index contributed by atoms with van der Waals surface area (Å²) in [6.45, 7) is 1.84. The van der Waals surface area contributed by atoms with Gasteiger partial charge in [-0.05, 0) is 76.2 Å². The molecule has 2 aromatic carbocycles. The Hall–Kier alpha value is -7.53. The fraction of sp³-hybridized carbons (Fsp3) is 0.426. The molecule has 2 fully saturated rings. The minimum atomic E-state index is -4.28. The molecule has 2 unspecified atom stereocenters. The molecule has 34 nitrogen and oxygen atoms in total. The van der Waals surface area contributed by atoms with Crippen molar-refractivity contribution in [3.8, 4) is 23.6 Å². The van der Waals surface area contributed by atoms with Crippen LogP contribution in [0.4, 0.5) is 11.6 Å². The van der Waals surface area contributed by atoms with E-state index in [0.29, 0.717) is 16.8 Å². The molecule has 7 aromatic rings. The van der Waals surface area contributed by atoms with Gasteiger partial charge in [-0.25, -0.2) is 42.8 Å². The van der Waals surface area contributed by atoms with Gasteiger partial charge in [0.2, 0.25) is 11.2 Å². The second-order valence-electron chi connectivity index (χ2n) is 18.9. The number of phosphoric ester groups is 1. The van der Waals surface area contributed by atoms with Gasteiger partial charge in [0.1, 0.15) is 96.0 Å². The van der Waals surface area contributed by atoms with E-state index in [1.807, 2.05) is 30.0 Å². The normalized spacial score (nSPS) is 22.5. The number of benzene rings is 2. The lowest BCUT2D eigenvalue weighted by molar-refractivity contribution is -0.145. The number of anilines is 2. The van der Waals surface area contributed by atoms with Crippen LogP contribution in [0.15, 0.2) is 116 Å². The summed E-state index contributed by atoms with van der Waals surface area (Å²) in [5.74, 6) is -0.348. The van der Waals surface area contributed by atoms with Crippen LogP contribution in [-0.4, -0.2) is 173 Å². The Morgan fingerprint density at radius 3 is 1.52 bits per heavy atom. The zero-order valence-corrected chi connectivity index (χ0v) is 53.6. The highest BCUT2D eigenvalue weighted by molar-refractivity contribution is 7.84. The molecule has 2 aliphatic heterocycles. The molecule has 92 heavy (non-hydrogen) atoms. The first-order chi connectivity index (χ1) is 43.2. The Kier molecular flexibility index (Phi) is 29.2. The van der Waals surface area contributed by atoms with Gasteiger partial charge >= 0.3 is 34.4 Å². The lowest BCUT2D eigenvalue weighted by Crippen LogP contribution is -2.41. The number of nitrogens with two attached hydrogens (primary N) is 2. The van der Waals surface area contributed by atoms with E-state index in [4.69, 9.17) is 55.2 Å². The predicted molar refractivity (Wildman–Crippen MR) is 328 cm³/mol. The number of phosphoric acid groups is 1. The van der Waals surface area contributed by atoms with Crippen LogP contribution in [0.5, 0.6) is 11.5 Å². The third kappa shape index (κ3) is 19.3. The highest BCUT2D eigenvalue weighted by Crippen LogP contribution is 2.50. The van der Waals surface area contributed by atoms with E-state index in [-0.39, 0.29) is 49.4 Å². The van der Waals surface area contributed by atoms with Crippen molar-refractivity contribution in [2.24, 2.45) is 7.05 Å². The Morgan fingerprint density at radius 1 is 0.717 bits per heavy atom. The molecule has 12 atom stereocenters. The van der Waals surface area contributed by atoms with Crippen molar-refractivity contribution >= 4 is 68.3 Å². The Labute approximate surface area is 533 Å². The van der Waals surface area contributed by atoms with Crippen molar-refractivity contribution in [1.82, 2.24) is 48.9 Å². The van der Waals surface area contributed by atoms with E-state index in [1.54, 1.807) is 87.0 Å². The minimum Gasteiger partial charge on any atom is -0.465 e. The van der Waals surface area contributed by atoms with E-state index in [1.165, 1.54) is 81.1 Å². The molecule has 11 N–H and O–H groups in total. The van der Waals surface area contributed by atoms with Gasteiger partial charge in [0, 0.05) is 52.0 Å². The topological polar surface area (TPSA) is 481 Å². The monoisotopic (exact) mass is 1370 g/mol. The van der Waals surface area contributed by atoms with E-state index in [9.17, 15) is 59.3 Å². The predicted octanol–water partition coefficient (Wildman–Crippen LogP) is 4.08. The summed E-state index contributed by atoms with van der Waals surface area (Å²) in [5, 5.41) is 83.5. The lowest BCUT2D eigenvalue weighted by atomic mass is 9.92. The van der Waals surface area contributed by atoms with Gasteiger partial charge in [0.25, 0.3) is 0 Å². The summed E-state index contributed by atoms with van der Waals surface area (Å²) in [6.07, 6.45) is -0.927. The fourth-order valence-electron chi connectivity index (χ4n) is 8.30. The third-order valence-electron chi connectivity index (χ3n) is 12.8. The van der Waals surface area contributed by atoms with Crippen LogP contribution in [0.3, 0.4) is 0 Å². The number of hydrogen-bond acceptors (Lipinski definition) is 29. The van der Waals surface area contributed by atoms with E-state index >= 15 is 0 Å². The quantitative estimate of drug-likeness (QED) is 0.0361. The average molecular weight is 1370 g/mol. The van der Waals surface area contributed by atoms with E-state index < -0.39 is 108 Å². The first kappa shape index (κ1) is 76.9. The largest absolute Gasteiger partial charge is 0.473 e. The maximum Gasteiger partial charge on any atom is 0.473 e. The van der Waals surface area contributed by atoms with Crippen molar-refractivity contribution < 1.29 is 94.9 Å². The van der Waals surface area contributed by atoms with Gasteiger partial charge in [-0.3, -0.25) is 27.7 Å². The Morgan fingerprint density at radius 2 is 1.15 bits per heavy atom. The Bertz CT molecular complexity index is 3680. The molecule has 7 heterocycles. The number of aryl methyl sites for hydroxylation is 1. The van der Waals surface area contributed by atoms with Crippen LogP contribution in [-0.2, 0) is 78.6 Å². The van der Waals surface area contributed by atoms with E-state index in [2.05, 4.69) is 48.9 Å². The highest BCUT2D eigenvalue weighted by Gasteiger charge is 2.59. The zero-order chi connectivity index (χ0) is 67.3. The molecule has 0 bridgehead atoms. The molecular formula is C54H74ClN14O20P3. The number of para-hydroxylation sites is 2. The molecule has 38 heteroatoms. The number of aliphatic hydroxyl groups is 5. The smallest absolute Gasteiger partial charge is 0.465 e. The maximum atomic E-state index is 13.7. The molecule has 0 saturated carbocycles. The fourth-order valence-corrected chi connectivity index (χ4v) is 11.9. The van der Waals surface area contributed by atoms with Crippen molar-refractivity contribution in [2.75, 3.05) is 59.2 Å². The number of carbonyl (C=O) groups is 2. The van der Waals surface area contributed by atoms with E-state index in [0.717, 1.165) is 0 Å². The number of nitrogen functional groups attached to an aromatic ring is 2.